The van der Waals surface area contributed by atoms with Crippen molar-refractivity contribution in [1.29, 1.82) is 0 Å². The van der Waals surface area contributed by atoms with Crippen LogP contribution in [0.15, 0.2) is 30.3 Å². The first kappa shape index (κ1) is 12.8. The minimum absolute atomic E-state index is 0.407. The number of benzene rings is 1. The van der Waals surface area contributed by atoms with Gasteiger partial charge in [-0.25, -0.2) is 4.79 Å². The number of alkyl halides is 2. The predicted molar refractivity (Wildman–Crippen MR) is 58.9 cm³/mol. The summed E-state index contributed by atoms with van der Waals surface area (Å²) in [5.41, 5.74) is 7.41. The van der Waals surface area contributed by atoms with E-state index in [-0.39, 0.29) is 0 Å². The van der Waals surface area contributed by atoms with E-state index in [1.807, 2.05) is 0 Å². The molecule has 0 bridgehead atoms. The summed E-state index contributed by atoms with van der Waals surface area (Å²) in [7, 11) is 0. The Balaban J connectivity index is 2.85. The Kier molecular flexibility index (Phi) is 4.58. The van der Waals surface area contributed by atoms with Gasteiger partial charge in [0.15, 0.2) is 0 Å². The van der Waals surface area contributed by atoms with E-state index in [0.29, 0.717) is 5.56 Å². The summed E-state index contributed by atoms with van der Waals surface area (Å²) in [5, 5.41) is 0. The van der Waals surface area contributed by atoms with Crippen LogP contribution in [0.3, 0.4) is 0 Å². The van der Waals surface area contributed by atoms with E-state index in [0.717, 1.165) is 0 Å². The highest BCUT2D eigenvalue weighted by Crippen LogP contribution is 2.19. The molecular formula is C10H8Cl2NO3. The fraction of sp³-hybridized carbons (Fsp3) is 0.200. The largest absolute Gasteiger partial charge is 0.445 e. The summed E-state index contributed by atoms with van der Waals surface area (Å²) in [6, 6.07) is 8.21. The molecule has 1 aromatic rings. The maximum atomic E-state index is 11.1. The second-order valence-electron chi connectivity index (χ2n) is 2.89. The molecule has 16 heavy (non-hydrogen) atoms. The van der Waals surface area contributed by atoms with E-state index >= 15 is 0 Å². The van der Waals surface area contributed by atoms with Gasteiger partial charge in [-0.2, -0.15) is 0 Å². The summed E-state index contributed by atoms with van der Waals surface area (Å²) < 4.78 is 4.72. The molecule has 0 aliphatic rings. The zero-order valence-electron chi connectivity index (χ0n) is 8.02. The van der Waals surface area contributed by atoms with Crippen LogP contribution in [0.25, 0.3) is 0 Å². The van der Waals surface area contributed by atoms with E-state index in [9.17, 15) is 9.59 Å². The first-order valence-corrected chi connectivity index (χ1v) is 5.18. The number of carbonyl (C=O) groups is 2. The molecule has 1 N–H and O–H groups in total. The second kappa shape index (κ2) is 5.72. The van der Waals surface area contributed by atoms with Crippen molar-refractivity contribution in [3.63, 3.8) is 0 Å². The molecule has 0 aliphatic heterocycles. The predicted octanol–water partition coefficient (Wildman–Crippen LogP) is 1.88. The number of hydrogen-bond acceptors (Lipinski definition) is 3. The number of halogens is 2. The fourth-order valence-corrected chi connectivity index (χ4v) is 1.17. The Hall–Kier alpha value is -1.26. The Morgan fingerprint density at radius 2 is 1.75 bits per heavy atom. The average Bonchev–Trinajstić information content (AvgIpc) is 2.26. The number of nitrogens with one attached hydrogen (secondary N) is 1. The van der Waals surface area contributed by atoms with Crippen molar-refractivity contribution in [3.05, 3.63) is 35.9 Å². The van der Waals surface area contributed by atoms with Crippen molar-refractivity contribution in [1.82, 2.24) is 5.73 Å². The molecule has 4 nitrogen and oxygen atoms in total. The van der Waals surface area contributed by atoms with Gasteiger partial charge in [0.25, 0.3) is 5.91 Å². The molecule has 0 fully saturated rings. The summed E-state index contributed by atoms with van der Waals surface area (Å²) in [6.45, 7) is 0. The molecule has 1 atom stereocenters. The zero-order chi connectivity index (χ0) is 12.1. The molecule has 0 aliphatic carbocycles. The molecule has 1 radical (unpaired) electrons. The lowest BCUT2D eigenvalue weighted by Crippen LogP contribution is -2.23. The Morgan fingerprint density at radius 1 is 1.19 bits per heavy atom. The van der Waals surface area contributed by atoms with Gasteiger partial charge in [0.05, 0.1) is 0 Å². The van der Waals surface area contributed by atoms with Crippen molar-refractivity contribution >= 4 is 35.1 Å². The molecule has 0 saturated heterocycles. The molecule has 0 spiro atoms. The van der Waals surface area contributed by atoms with Crippen LogP contribution in [0.1, 0.15) is 11.7 Å². The normalized spacial score (nSPS) is 12.2. The van der Waals surface area contributed by atoms with E-state index in [1.165, 1.54) is 0 Å². The third-order valence-corrected chi connectivity index (χ3v) is 2.11. The Labute approximate surface area is 102 Å². The molecule has 0 aromatic heterocycles. The lowest BCUT2D eigenvalue weighted by molar-refractivity contribution is -0.153. The van der Waals surface area contributed by atoms with Gasteiger partial charge in [-0.15, -0.1) is 0 Å². The number of esters is 1. The number of carbonyl (C=O) groups excluding carboxylic acids is 2. The monoisotopic (exact) mass is 260 g/mol. The summed E-state index contributed by atoms with van der Waals surface area (Å²) in [6.07, 6.45) is -1.28. The average molecular weight is 261 g/mol. The van der Waals surface area contributed by atoms with E-state index in [1.54, 1.807) is 30.3 Å². The molecule has 1 amide bonds. The molecule has 0 heterocycles. The van der Waals surface area contributed by atoms with Gasteiger partial charge >= 0.3 is 5.97 Å². The molecule has 6 heteroatoms. The van der Waals surface area contributed by atoms with Crippen molar-refractivity contribution in [3.8, 4) is 0 Å². The van der Waals surface area contributed by atoms with Crippen LogP contribution >= 0.6 is 23.2 Å². The molecular weight excluding hydrogens is 253 g/mol. The van der Waals surface area contributed by atoms with E-state index < -0.39 is 22.8 Å². The highest BCUT2D eigenvalue weighted by atomic mass is 35.5. The van der Waals surface area contributed by atoms with Crippen LogP contribution in [-0.4, -0.2) is 16.7 Å². The SMILES string of the molecule is [NH]C(=O)C(OC(=O)C(Cl)Cl)c1ccccc1. The van der Waals surface area contributed by atoms with Gasteiger partial charge in [0.2, 0.25) is 10.9 Å². The van der Waals surface area contributed by atoms with Crippen LogP contribution in [-0.2, 0) is 14.3 Å². The van der Waals surface area contributed by atoms with Crippen molar-refractivity contribution in [2.45, 2.75) is 10.9 Å². The van der Waals surface area contributed by atoms with Gasteiger partial charge in [0, 0.05) is 5.56 Å². The molecule has 0 saturated carbocycles. The van der Waals surface area contributed by atoms with Gasteiger partial charge in [-0.1, -0.05) is 53.5 Å². The molecule has 1 rings (SSSR count). The van der Waals surface area contributed by atoms with E-state index in [4.69, 9.17) is 33.7 Å². The highest BCUT2D eigenvalue weighted by Gasteiger charge is 2.25. The first-order chi connectivity index (χ1) is 7.52. The molecule has 1 aromatic carbocycles. The lowest BCUT2D eigenvalue weighted by Gasteiger charge is -2.14. The Bertz CT molecular complexity index is 381. The minimum atomic E-state index is -1.37. The number of hydrogen-bond donors (Lipinski definition) is 0. The third-order valence-electron chi connectivity index (χ3n) is 1.75. The fourth-order valence-electron chi connectivity index (χ4n) is 1.07. The van der Waals surface area contributed by atoms with Crippen molar-refractivity contribution < 1.29 is 14.3 Å². The van der Waals surface area contributed by atoms with Gasteiger partial charge in [0.1, 0.15) is 0 Å². The quantitative estimate of drug-likeness (QED) is 0.613. The number of ether oxygens (including phenoxy) is 1. The highest BCUT2D eigenvalue weighted by molar-refractivity contribution is 6.52. The molecule has 85 valence electrons. The summed E-state index contributed by atoms with van der Waals surface area (Å²) >= 11 is 10.6. The number of amides is 1. The van der Waals surface area contributed by atoms with Crippen molar-refractivity contribution in [2.24, 2.45) is 0 Å². The van der Waals surface area contributed by atoms with Crippen LogP contribution in [0.4, 0.5) is 0 Å². The van der Waals surface area contributed by atoms with E-state index in [2.05, 4.69) is 0 Å². The number of rotatable bonds is 4. The van der Waals surface area contributed by atoms with Crippen LogP contribution < -0.4 is 5.73 Å². The van der Waals surface area contributed by atoms with Crippen LogP contribution in [0.2, 0.25) is 0 Å². The van der Waals surface area contributed by atoms with Crippen LogP contribution in [0.5, 0.6) is 0 Å². The standard InChI is InChI=1S/C10H8Cl2NO3/c11-8(12)10(15)16-7(9(13)14)6-4-2-1-3-5-6/h1-5,7-8,13H. The zero-order valence-corrected chi connectivity index (χ0v) is 9.53. The van der Waals surface area contributed by atoms with Gasteiger partial charge in [-0.3, -0.25) is 10.5 Å². The molecule has 1 unspecified atom stereocenters. The first-order valence-electron chi connectivity index (χ1n) is 4.31. The summed E-state index contributed by atoms with van der Waals surface area (Å²) in [5.74, 6) is -1.98. The minimum Gasteiger partial charge on any atom is -0.445 e. The van der Waals surface area contributed by atoms with Gasteiger partial charge in [-0.05, 0) is 0 Å². The topological polar surface area (TPSA) is 67.2 Å². The van der Waals surface area contributed by atoms with Crippen LogP contribution in [0, 0.1) is 0 Å². The smallest absolute Gasteiger partial charge is 0.340 e. The Morgan fingerprint density at radius 3 is 2.19 bits per heavy atom. The maximum Gasteiger partial charge on any atom is 0.340 e. The van der Waals surface area contributed by atoms with Gasteiger partial charge < -0.3 is 4.74 Å². The lowest BCUT2D eigenvalue weighted by atomic mass is 10.1. The third kappa shape index (κ3) is 3.40. The maximum absolute atomic E-state index is 11.1. The second-order valence-corrected chi connectivity index (χ2v) is 3.99. The van der Waals surface area contributed by atoms with Crippen molar-refractivity contribution in [2.75, 3.05) is 0 Å². The summed E-state index contributed by atoms with van der Waals surface area (Å²) in [4.78, 5) is 20.7.